The van der Waals surface area contributed by atoms with Gasteiger partial charge in [0.2, 0.25) is 0 Å². The fourth-order valence-corrected chi connectivity index (χ4v) is 0. The molecule has 0 aromatic carbocycles. The van der Waals surface area contributed by atoms with Crippen molar-refractivity contribution in [2.45, 2.75) is 6.92 Å². The smallest absolute Gasteiger partial charge is 0.321 e. The van der Waals surface area contributed by atoms with E-state index in [1.807, 2.05) is 0 Å². The van der Waals surface area contributed by atoms with Gasteiger partial charge >= 0.3 is 5.97 Å². The number of carbonyl (C=O) groups excluding carboxylic acids is 1. The molecule has 0 spiro atoms. The zero-order chi connectivity index (χ0) is 4.28. The second-order valence-electron chi connectivity index (χ2n) is 0.609. The molecule has 0 amide bonds. The second-order valence-corrected chi connectivity index (χ2v) is 0.609. The van der Waals surface area contributed by atoms with E-state index in [9.17, 15) is 4.79 Å². The summed E-state index contributed by atoms with van der Waals surface area (Å²) in [6.07, 6.45) is 0. The van der Waals surface area contributed by atoms with Crippen LogP contribution in [0.15, 0.2) is 0 Å². The molecule has 3 nitrogen and oxygen atoms in total. The van der Waals surface area contributed by atoms with Gasteiger partial charge in [-0.25, -0.2) is 0 Å². The fraction of sp³-hybridized carbons (Fsp3) is 0.500. The molecule has 0 aliphatic rings. The summed E-state index contributed by atoms with van der Waals surface area (Å²) in [7, 11) is 0. The van der Waals surface area contributed by atoms with Gasteiger partial charge in [0.1, 0.15) is 0 Å². The van der Waals surface area contributed by atoms with Crippen molar-refractivity contribution in [1.82, 2.24) is 0 Å². The van der Waals surface area contributed by atoms with Crippen LogP contribution >= 0.6 is 13.5 Å². The van der Waals surface area contributed by atoms with Gasteiger partial charge in [-0.05, 0) is 0 Å². The van der Waals surface area contributed by atoms with Gasteiger partial charge in [-0.3, -0.25) is 4.79 Å². The molecule has 6 heavy (non-hydrogen) atoms. The Labute approximate surface area is 42.9 Å². The van der Waals surface area contributed by atoms with E-state index in [2.05, 4.69) is 10.7 Å². The average molecular weight is 109 g/mol. The van der Waals surface area contributed by atoms with Crippen LogP contribution in [0.4, 0.5) is 0 Å². The van der Waals surface area contributed by atoms with E-state index in [-0.39, 0.29) is 13.5 Å². The lowest BCUT2D eigenvalue weighted by atomic mass is 10.8. The molecule has 0 radical (unpaired) electrons. The molecule has 38 valence electrons. The Hall–Kier alpha value is -0.220. The summed E-state index contributed by atoms with van der Waals surface area (Å²) in [5.41, 5.74) is 0. The van der Waals surface area contributed by atoms with Crippen LogP contribution in [-0.2, 0) is 9.63 Å². The van der Waals surface area contributed by atoms with Crippen molar-refractivity contribution in [2.75, 3.05) is 0 Å². The Bertz CT molecular complexity index is 46.8. The van der Waals surface area contributed by atoms with Crippen molar-refractivity contribution in [3.05, 3.63) is 0 Å². The fourth-order valence-electron chi connectivity index (χ4n) is 0. The van der Waals surface area contributed by atoms with E-state index in [1.54, 1.807) is 0 Å². The summed E-state index contributed by atoms with van der Waals surface area (Å²) in [6, 6.07) is 0. The average Bonchev–Trinajstić information content (AvgIpc) is 1.38. The SMILES string of the molecule is CC(=O)ON.S. The largest absolute Gasteiger partial charge is 0.374 e. The Morgan fingerprint density at radius 3 is 2.00 bits per heavy atom. The number of nitrogens with two attached hydrogens (primary N) is 1. The van der Waals surface area contributed by atoms with Crippen LogP contribution in [0.3, 0.4) is 0 Å². The molecular formula is C2H7NO2S. The topological polar surface area (TPSA) is 52.3 Å². The molecule has 0 rings (SSSR count). The highest BCUT2D eigenvalue weighted by molar-refractivity contribution is 7.59. The van der Waals surface area contributed by atoms with Gasteiger partial charge < -0.3 is 4.84 Å². The molecule has 0 aromatic heterocycles. The molecule has 0 aliphatic heterocycles. The summed E-state index contributed by atoms with van der Waals surface area (Å²) < 4.78 is 0. The summed E-state index contributed by atoms with van der Waals surface area (Å²) in [5, 5.41) is 0. The molecule has 0 saturated carbocycles. The van der Waals surface area contributed by atoms with Gasteiger partial charge in [0.15, 0.2) is 0 Å². The van der Waals surface area contributed by atoms with Crippen molar-refractivity contribution in [2.24, 2.45) is 5.90 Å². The van der Waals surface area contributed by atoms with Crippen molar-refractivity contribution in [3.8, 4) is 0 Å². The van der Waals surface area contributed by atoms with Gasteiger partial charge in [0.05, 0.1) is 0 Å². The van der Waals surface area contributed by atoms with Crippen LogP contribution in [0.5, 0.6) is 0 Å². The zero-order valence-corrected chi connectivity index (χ0v) is 4.39. The highest BCUT2D eigenvalue weighted by Gasteiger charge is 1.77. The molecule has 0 fully saturated rings. The van der Waals surface area contributed by atoms with Gasteiger partial charge in [-0.15, -0.1) is 0 Å². The third kappa shape index (κ3) is 9.22. The molecule has 0 aromatic rings. The first kappa shape index (κ1) is 9.24. The first-order valence-corrected chi connectivity index (χ1v) is 1.14. The quantitative estimate of drug-likeness (QED) is 0.428. The summed E-state index contributed by atoms with van der Waals surface area (Å²) in [6.45, 7) is 1.24. The zero-order valence-electron chi connectivity index (χ0n) is 3.39. The first-order chi connectivity index (χ1) is 2.27. The van der Waals surface area contributed by atoms with E-state index >= 15 is 0 Å². The minimum atomic E-state index is -0.468. The van der Waals surface area contributed by atoms with Crippen molar-refractivity contribution in [3.63, 3.8) is 0 Å². The summed E-state index contributed by atoms with van der Waals surface area (Å²) >= 11 is 0. The molecule has 0 bridgehead atoms. The number of hydrogen-bond donors (Lipinski definition) is 1. The van der Waals surface area contributed by atoms with E-state index in [4.69, 9.17) is 0 Å². The lowest BCUT2D eigenvalue weighted by Gasteiger charge is -1.79. The van der Waals surface area contributed by atoms with E-state index < -0.39 is 5.97 Å². The van der Waals surface area contributed by atoms with Crippen molar-refractivity contribution >= 4 is 19.5 Å². The van der Waals surface area contributed by atoms with Crippen molar-refractivity contribution in [1.29, 1.82) is 0 Å². The molecule has 0 aliphatic carbocycles. The molecule has 0 unspecified atom stereocenters. The molecule has 4 heteroatoms. The predicted molar refractivity (Wildman–Crippen MR) is 26.3 cm³/mol. The highest BCUT2D eigenvalue weighted by atomic mass is 32.1. The van der Waals surface area contributed by atoms with E-state index in [0.717, 1.165) is 0 Å². The molecule has 2 N–H and O–H groups in total. The second kappa shape index (κ2) is 4.78. The van der Waals surface area contributed by atoms with Gasteiger partial charge in [0.25, 0.3) is 0 Å². The third-order valence-corrected chi connectivity index (χ3v) is 0.166. The van der Waals surface area contributed by atoms with Crippen LogP contribution in [0.2, 0.25) is 0 Å². The summed E-state index contributed by atoms with van der Waals surface area (Å²) in [4.78, 5) is 13.1. The lowest BCUT2D eigenvalue weighted by molar-refractivity contribution is -0.141. The molecular weight excluding hydrogens is 102 g/mol. The molecule has 0 saturated heterocycles. The van der Waals surface area contributed by atoms with Crippen LogP contribution in [0.1, 0.15) is 6.92 Å². The highest BCUT2D eigenvalue weighted by Crippen LogP contribution is 1.55. The Balaban J connectivity index is 0. The normalized spacial score (nSPS) is 5.67. The van der Waals surface area contributed by atoms with Gasteiger partial charge in [-0.1, -0.05) is 0 Å². The van der Waals surface area contributed by atoms with E-state index in [1.165, 1.54) is 6.92 Å². The Morgan fingerprint density at radius 1 is 1.83 bits per heavy atom. The van der Waals surface area contributed by atoms with Crippen LogP contribution in [0.25, 0.3) is 0 Å². The maximum Gasteiger partial charge on any atom is 0.321 e. The van der Waals surface area contributed by atoms with Crippen molar-refractivity contribution < 1.29 is 9.63 Å². The molecule has 0 heterocycles. The van der Waals surface area contributed by atoms with Gasteiger partial charge in [-0.2, -0.15) is 19.4 Å². The lowest BCUT2D eigenvalue weighted by Crippen LogP contribution is -2.03. The first-order valence-electron chi connectivity index (χ1n) is 1.14. The van der Waals surface area contributed by atoms with Crippen LogP contribution < -0.4 is 5.90 Å². The summed E-state index contributed by atoms with van der Waals surface area (Å²) in [5.74, 6) is 3.85. The number of carbonyl (C=O) groups is 1. The predicted octanol–water partition coefficient (Wildman–Crippen LogP) is -0.464. The molecule has 0 atom stereocenters. The Morgan fingerprint density at radius 2 is 2.00 bits per heavy atom. The number of hydrogen-bond acceptors (Lipinski definition) is 3. The maximum atomic E-state index is 9.47. The van der Waals surface area contributed by atoms with Gasteiger partial charge in [0, 0.05) is 6.92 Å². The Kier molecular flexibility index (Phi) is 7.36. The third-order valence-electron chi connectivity index (χ3n) is 0.166. The van der Waals surface area contributed by atoms with Crippen LogP contribution in [0, 0.1) is 0 Å². The number of rotatable bonds is 0. The minimum absolute atomic E-state index is 0. The minimum Gasteiger partial charge on any atom is -0.374 e. The standard InChI is InChI=1S/C2H5NO2.H2S/c1-2(4)5-3;/h3H2,1H3;1H2. The maximum absolute atomic E-state index is 9.47. The monoisotopic (exact) mass is 109 g/mol. The van der Waals surface area contributed by atoms with E-state index in [0.29, 0.717) is 0 Å². The van der Waals surface area contributed by atoms with Crippen LogP contribution in [-0.4, -0.2) is 5.97 Å².